The van der Waals surface area contributed by atoms with E-state index in [0.29, 0.717) is 27.9 Å². The van der Waals surface area contributed by atoms with E-state index in [0.717, 1.165) is 5.69 Å². The van der Waals surface area contributed by atoms with Crippen LogP contribution in [-0.2, 0) is 0 Å². The fourth-order valence-corrected chi connectivity index (χ4v) is 2.39. The maximum atomic E-state index is 13.5. The zero-order valence-electron chi connectivity index (χ0n) is 12.8. The second-order valence-electron chi connectivity index (χ2n) is 5.16. The quantitative estimate of drug-likeness (QED) is 0.797. The highest BCUT2D eigenvalue weighted by molar-refractivity contribution is 6.08. The highest BCUT2D eigenvalue weighted by Gasteiger charge is 2.11. The Morgan fingerprint density at radius 3 is 2.78 bits per heavy atom. The fourth-order valence-electron chi connectivity index (χ4n) is 2.39. The summed E-state index contributed by atoms with van der Waals surface area (Å²) in [6, 6.07) is 12.9. The van der Waals surface area contributed by atoms with Crippen LogP contribution in [-0.4, -0.2) is 18.0 Å². The van der Waals surface area contributed by atoms with E-state index >= 15 is 0 Å². The maximum absolute atomic E-state index is 13.5. The molecule has 116 valence electrons. The van der Waals surface area contributed by atoms with E-state index in [2.05, 4.69) is 10.3 Å². The third kappa shape index (κ3) is 3.13. The largest absolute Gasteiger partial charge is 0.497 e. The van der Waals surface area contributed by atoms with E-state index < -0.39 is 0 Å². The number of rotatable bonds is 3. The summed E-state index contributed by atoms with van der Waals surface area (Å²) in [5.41, 5.74) is 2.36. The van der Waals surface area contributed by atoms with Crippen LogP contribution in [0.1, 0.15) is 16.1 Å². The Morgan fingerprint density at radius 2 is 2.00 bits per heavy atom. The van der Waals surface area contributed by atoms with Crippen LogP contribution in [0.5, 0.6) is 5.75 Å². The Labute approximate surface area is 132 Å². The number of aromatic nitrogens is 1. The van der Waals surface area contributed by atoms with E-state index in [1.54, 1.807) is 43.5 Å². The number of aryl methyl sites for hydroxylation is 1. The molecule has 0 fully saturated rings. The number of methoxy groups -OCH3 is 1. The number of nitrogens with zero attached hydrogens (tertiary/aromatic N) is 1. The lowest BCUT2D eigenvalue weighted by atomic mass is 10.1. The molecule has 1 N–H and O–H groups in total. The number of nitrogens with one attached hydrogen (secondary N) is 1. The van der Waals surface area contributed by atoms with Gasteiger partial charge < -0.3 is 10.1 Å². The summed E-state index contributed by atoms with van der Waals surface area (Å²) >= 11 is 0. The number of pyridine rings is 1. The number of hydrogen-bond acceptors (Lipinski definition) is 3. The van der Waals surface area contributed by atoms with Crippen LogP contribution in [0.15, 0.2) is 48.5 Å². The zero-order valence-corrected chi connectivity index (χ0v) is 12.8. The molecule has 0 atom stereocenters. The predicted octanol–water partition coefficient (Wildman–Crippen LogP) is 3.94. The van der Waals surface area contributed by atoms with Gasteiger partial charge in [-0.3, -0.25) is 9.78 Å². The van der Waals surface area contributed by atoms with Crippen molar-refractivity contribution in [2.45, 2.75) is 6.92 Å². The van der Waals surface area contributed by atoms with Gasteiger partial charge in [-0.15, -0.1) is 0 Å². The Kier molecular flexibility index (Phi) is 3.93. The van der Waals surface area contributed by atoms with Crippen LogP contribution in [0.3, 0.4) is 0 Å². The molecule has 23 heavy (non-hydrogen) atoms. The summed E-state index contributed by atoms with van der Waals surface area (Å²) in [7, 11) is 1.54. The lowest BCUT2D eigenvalue weighted by Gasteiger charge is -2.10. The molecule has 5 heteroatoms. The molecule has 1 aromatic heterocycles. The van der Waals surface area contributed by atoms with Crippen molar-refractivity contribution in [3.63, 3.8) is 0 Å². The number of halogens is 1. The molecule has 2 aromatic carbocycles. The van der Waals surface area contributed by atoms with Gasteiger partial charge >= 0.3 is 0 Å². The van der Waals surface area contributed by atoms with Gasteiger partial charge in [0.15, 0.2) is 0 Å². The molecule has 0 spiro atoms. The number of carbonyl (C=O) groups is 1. The number of carbonyl (C=O) groups excluding carboxylic acids is 1. The topological polar surface area (TPSA) is 51.2 Å². The molecule has 1 heterocycles. The second kappa shape index (κ2) is 6.04. The third-order valence-electron chi connectivity index (χ3n) is 3.48. The number of fused-ring (bicyclic) bond motifs is 1. The van der Waals surface area contributed by atoms with Gasteiger partial charge in [-0.25, -0.2) is 4.39 Å². The minimum absolute atomic E-state index is 0.292. The lowest BCUT2D eigenvalue weighted by Crippen LogP contribution is -2.12. The van der Waals surface area contributed by atoms with Crippen LogP contribution >= 0.6 is 0 Å². The van der Waals surface area contributed by atoms with E-state index in [1.165, 1.54) is 12.1 Å². The average molecular weight is 310 g/mol. The van der Waals surface area contributed by atoms with Crippen molar-refractivity contribution >= 4 is 22.5 Å². The van der Waals surface area contributed by atoms with Crippen molar-refractivity contribution in [2.75, 3.05) is 12.4 Å². The fraction of sp³-hybridized carbons (Fsp3) is 0.111. The second-order valence-corrected chi connectivity index (χ2v) is 5.16. The normalized spacial score (nSPS) is 10.6. The number of hydrogen-bond donors (Lipinski definition) is 1. The lowest BCUT2D eigenvalue weighted by molar-refractivity contribution is 0.102. The number of ether oxygens (including phenoxy) is 1. The molecule has 0 unspecified atom stereocenters. The minimum atomic E-state index is -0.375. The Morgan fingerprint density at radius 1 is 1.17 bits per heavy atom. The molecule has 0 bridgehead atoms. The van der Waals surface area contributed by atoms with Crippen LogP contribution in [0.2, 0.25) is 0 Å². The minimum Gasteiger partial charge on any atom is -0.497 e. The van der Waals surface area contributed by atoms with Gasteiger partial charge in [-0.2, -0.15) is 0 Å². The molecular weight excluding hydrogens is 295 g/mol. The molecule has 1 amide bonds. The van der Waals surface area contributed by atoms with Gasteiger partial charge in [-0.1, -0.05) is 6.07 Å². The van der Waals surface area contributed by atoms with Gasteiger partial charge in [-0.05, 0) is 49.4 Å². The summed E-state index contributed by atoms with van der Waals surface area (Å²) in [6.07, 6.45) is 0. The van der Waals surface area contributed by atoms with Crippen molar-refractivity contribution < 1.29 is 13.9 Å². The van der Waals surface area contributed by atoms with E-state index in [1.807, 2.05) is 6.92 Å². The van der Waals surface area contributed by atoms with Crippen molar-refractivity contribution in [1.82, 2.24) is 4.98 Å². The average Bonchev–Trinajstić information content (AvgIpc) is 2.55. The Balaban J connectivity index is 2.00. The van der Waals surface area contributed by atoms with Gasteiger partial charge in [0, 0.05) is 16.6 Å². The third-order valence-corrected chi connectivity index (χ3v) is 3.48. The first-order valence-corrected chi connectivity index (χ1v) is 7.09. The van der Waals surface area contributed by atoms with Gasteiger partial charge in [0.05, 0.1) is 18.3 Å². The SMILES string of the molecule is COc1cccc(C(=O)Nc2cc(C)nc3ccc(F)cc23)c1. The molecule has 0 aliphatic rings. The molecule has 3 aromatic rings. The number of amides is 1. The smallest absolute Gasteiger partial charge is 0.255 e. The summed E-state index contributed by atoms with van der Waals surface area (Å²) in [5, 5.41) is 3.38. The molecule has 0 saturated heterocycles. The van der Waals surface area contributed by atoms with E-state index in [9.17, 15) is 9.18 Å². The monoisotopic (exact) mass is 310 g/mol. The molecule has 3 rings (SSSR count). The van der Waals surface area contributed by atoms with Crippen molar-refractivity contribution in [1.29, 1.82) is 0 Å². The van der Waals surface area contributed by atoms with Crippen LogP contribution in [0.25, 0.3) is 10.9 Å². The molecular formula is C18H15FN2O2. The van der Waals surface area contributed by atoms with Crippen LogP contribution in [0, 0.1) is 12.7 Å². The molecule has 0 saturated carbocycles. The predicted molar refractivity (Wildman–Crippen MR) is 87.4 cm³/mol. The van der Waals surface area contributed by atoms with Crippen LogP contribution in [0.4, 0.5) is 10.1 Å². The van der Waals surface area contributed by atoms with Gasteiger partial charge in [0.1, 0.15) is 11.6 Å². The zero-order chi connectivity index (χ0) is 16.4. The molecule has 0 radical (unpaired) electrons. The highest BCUT2D eigenvalue weighted by atomic mass is 19.1. The van der Waals surface area contributed by atoms with Gasteiger partial charge in [0.2, 0.25) is 0 Å². The first-order chi connectivity index (χ1) is 11.1. The van der Waals surface area contributed by atoms with E-state index in [-0.39, 0.29) is 11.7 Å². The molecule has 4 nitrogen and oxygen atoms in total. The first-order valence-electron chi connectivity index (χ1n) is 7.09. The van der Waals surface area contributed by atoms with Crippen molar-refractivity contribution in [3.05, 3.63) is 65.6 Å². The summed E-state index contributed by atoms with van der Waals surface area (Å²) in [6.45, 7) is 1.82. The van der Waals surface area contributed by atoms with Gasteiger partial charge in [0.25, 0.3) is 5.91 Å². The standard InChI is InChI=1S/C18H15FN2O2/c1-11-8-17(15-10-13(19)6-7-16(15)20-11)21-18(22)12-4-3-5-14(9-12)23-2/h3-10H,1-2H3,(H,20,21,22). The van der Waals surface area contributed by atoms with Crippen molar-refractivity contribution in [3.8, 4) is 5.75 Å². The highest BCUT2D eigenvalue weighted by Crippen LogP contribution is 2.25. The number of anilines is 1. The summed E-state index contributed by atoms with van der Waals surface area (Å²) in [4.78, 5) is 16.8. The summed E-state index contributed by atoms with van der Waals surface area (Å²) in [5.74, 6) is -0.0699. The number of benzene rings is 2. The first kappa shape index (κ1) is 15.0. The summed E-state index contributed by atoms with van der Waals surface area (Å²) < 4.78 is 18.6. The Hall–Kier alpha value is -2.95. The Bertz CT molecular complexity index is 893. The maximum Gasteiger partial charge on any atom is 0.255 e. The van der Waals surface area contributed by atoms with Crippen LogP contribution < -0.4 is 10.1 Å². The molecule has 0 aliphatic heterocycles. The molecule has 0 aliphatic carbocycles. The van der Waals surface area contributed by atoms with Crippen molar-refractivity contribution in [2.24, 2.45) is 0 Å². The van der Waals surface area contributed by atoms with E-state index in [4.69, 9.17) is 4.74 Å².